The minimum Gasteiger partial charge on any atom is -0.481 e. The van der Waals surface area contributed by atoms with Gasteiger partial charge in [-0.1, -0.05) is 36.4 Å². The van der Waals surface area contributed by atoms with Gasteiger partial charge in [0.2, 0.25) is 5.91 Å². The quantitative estimate of drug-likeness (QED) is 0.388. The fraction of sp³-hybridized carbons (Fsp3) is 0.308. The van der Waals surface area contributed by atoms with Crippen molar-refractivity contribution in [2.75, 3.05) is 18.4 Å². The second kappa shape index (κ2) is 11.3. The van der Waals surface area contributed by atoms with Gasteiger partial charge in [0.05, 0.1) is 12.7 Å². The summed E-state index contributed by atoms with van der Waals surface area (Å²) in [5.74, 6) is -1.54. The molecule has 35 heavy (non-hydrogen) atoms. The largest absolute Gasteiger partial charge is 0.481 e. The summed E-state index contributed by atoms with van der Waals surface area (Å²) in [5.41, 5.74) is 3.01. The van der Waals surface area contributed by atoms with E-state index in [4.69, 9.17) is 0 Å². The average Bonchev–Trinajstić information content (AvgIpc) is 3.34. The first-order valence-electron chi connectivity index (χ1n) is 11.7. The number of rotatable bonds is 10. The zero-order chi connectivity index (χ0) is 24.6. The molecule has 0 bridgehead atoms. The van der Waals surface area contributed by atoms with Gasteiger partial charge in [-0.25, -0.2) is 4.98 Å². The number of carbonyl (C=O) groups excluding carboxylic acids is 2. The maximum Gasteiger partial charge on any atom is 0.305 e. The van der Waals surface area contributed by atoms with E-state index in [-0.39, 0.29) is 18.2 Å². The Kier molecular flexibility index (Phi) is 7.77. The number of aliphatic carboxylic acids is 1. The van der Waals surface area contributed by atoms with E-state index in [0.717, 1.165) is 24.1 Å². The Labute approximate surface area is 203 Å². The number of aromatic nitrogens is 2. The van der Waals surface area contributed by atoms with Crippen LogP contribution in [0.25, 0.3) is 0 Å². The lowest BCUT2D eigenvalue weighted by Gasteiger charge is -2.24. The van der Waals surface area contributed by atoms with E-state index in [0.29, 0.717) is 37.3 Å². The van der Waals surface area contributed by atoms with Crippen molar-refractivity contribution in [1.29, 1.82) is 0 Å². The molecule has 0 saturated heterocycles. The summed E-state index contributed by atoms with van der Waals surface area (Å²) in [6.07, 6.45) is 6.41. The van der Waals surface area contributed by atoms with Crippen molar-refractivity contribution in [3.63, 3.8) is 0 Å². The second-order valence-corrected chi connectivity index (χ2v) is 8.57. The number of aryl methyl sites for hydroxylation is 1. The minimum absolute atomic E-state index is 0.216. The highest BCUT2D eigenvalue weighted by Crippen LogP contribution is 2.26. The lowest BCUT2D eigenvalue weighted by atomic mass is 10.1. The van der Waals surface area contributed by atoms with Gasteiger partial charge in [-0.2, -0.15) is 0 Å². The van der Waals surface area contributed by atoms with Gasteiger partial charge >= 0.3 is 5.97 Å². The van der Waals surface area contributed by atoms with Gasteiger partial charge in [-0.3, -0.25) is 14.4 Å². The molecule has 3 aromatic rings. The van der Waals surface area contributed by atoms with Crippen molar-refractivity contribution in [1.82, 2.24) is 19.8 Å². The van der Waals surface area contributed by atoms with Crippen molar-refractivity contribution in [3.05, 3.63) is 83.9 Å². The van der Waals surface area contributed by atoms with Crippen molar-refractivity contribution >= 4 is 23.5 Å². The highest BCUT2D eigenvalue weighted by atomic mass is 16.4. The zero-order valence-electron chi connectivity index (χ0n) is 19.4. The van der Waals surface area contributed by atoms with E-state index < -0.39 is 12.0 Å². The monoisotopic (exact) mass is 475 g/mol. The number of anilines is 1. The predicted molar refractivity (Wildman–Crippen MR) is 131 cm³/mol. The molecule has 9 nitrogen and oxygen atoms in total. The van der Waals surface area contributed by atoms with Crippen molar-refractivity contribution in [3.8, 4) is 0 Å². The number of carboxylic acid groups (broad SMARTS) is 1. The Bertz CT molecular complexity index is 1160. The molecule has 1 aromatic heterocycles. The first kappa shape index (κ1) is 24.0. The van der Waals surface area contributed by atoms with Crippen LogP contribution < -0.4 is 10.6 Å². The first-order chi connectivity index (χ1) is 17.0. The van der Waals surface area contributed by atoms with E-state index >= 15 is 0 Å². The molecule has 182 valence electrons. The van der Waals surface area contributed by atoms with Gasteiger partial charge in [0.1, 0.15) is 6.04 Å². The molecule has 0 aliphatic carbocycles. The number of hydrogen-bond donors (Lipinski definition) is 3. The van der Waals surface area contributed by atoms with E-state index in [9.17, 15) is 19.5 Å². The van der Waals surface area contributed by atoms with Gasteiger partial charge in [-0.15, -0.1) is 0 Å². The molecule has 0 radical (unpaired) electrons. The summed E-state index contributed by atoms with van der Waals surface area (Å²) < 4.78 is 1.95. The number of imidazole rings is 1. The third kappa shape index (κ3) is 6.47. The summed E-state index contributed by atoms with van der Waals surface area (Å²) in [6.45, 7) is 2.08. The number of hydrogen-bond acceptors (Lipinski definition) is 5. The van der Waals surface area contributed by atoms with Crippen LogP contribution >= 0.6 is 0 Å². The predicted octanol–water partition coefficient (Wildman–Crippen LogP) is 2.54. The van der Waals surface area contributed by atoms with Crippen LogP contribution in [0.15, 0.2) is 67.3 Å². The van der Waals surface area contributed by atoms with Crippen LogP contribution in [0.4, 0.5) is 5.69 Å². The summed E-state index contributed by atoms with van der Waals surface area (Å²) in [6, 6.07) is 14.2. The molecule has 3 N–H and O–H groups in total. The third-order valence-electron chi connectivity index (χ3n) is 6.00. The maximum atomic E-state index is 13.2. The van der Waals surface area contributed by atoms with E-state index in [2.05, 4.69) is 15.6 Å². The second-order valence-electron chi connectivity index (χ2n) is 8.57. The standard InChI is InChI=1S/C26H29N5O4/c32-24(33)16-23-26(35)31(13-9-19-5-2-1-3-6-19)17-21-8-7-20(15-22(21)29-23)25(34)28-10-4-12-30-14-11-27-18-30/h1-3,5-8,11,14-15,18,23,29H,4,9-10,12-13,16-17H2,(H,28,34)(H,32,33). The molecule has 0 saturated carbocycles. The topological polar surface area (TPSA) is 117 Å². The Morgan fingerprint density at radius 1 is 1.14 bits per heavy atom. The molecule has 4 rings (SSSR count). The first-order valence-corrected chi connectivity index (χ1v) is 11.7. The summed E-state index contributed by atoms with van der Waals surface area (Å²) in [4.78, 5) is 43.0. The van der Waals surface area contributed by atoms with Gasteiger partial charge < -0.3 is 25.2 Å². The Hall–Kier alpha value is -4.14. The number of benzene rings is 2. The molecule has 2 amide bonds. The molecule has 2 aromatic carbocycles. The Morgan fingerprint density at radius 2 is 1.97 bits per heavy atom. The Morgan fingerprint density at radius 3 is 2.71 bits per heavy atom. The number of nitrogens with zero attached hydrogens (tertiary/aromatic N) is 3. The van der Waals surface area contributed by atoms with Crippen LogP contribution in [0, 0.1) is 0 Å². The lowest BCUT2D eigenvalue weighted by molar-refractivity contribution is -0.141. The average molecular weight is 476 g/mol. The zero-order valence-corrected chi connectivity index (χ0v) is 19.4. The molecule has 1 aliphatic heterocycles. The SMILES string of the molecule is O=C(O)CC1Nc2cc(C(=O)NCCCn3ccnc3)ccc2CN(CCc2ccccc2)C1=O. The Balaban J connectivity index is 1.44. The molecule has 1 aliphatic rings. The van der Waals surface area contributed by atoms with Crippen LogP contribution in [0.5, 0.6) is 0 Å². The molecule has 1 atom stereocenters. The van der Waals surface area contributed by atoms with Crippen LogP contribution in [-0.4, -0.2) is 56.5 Å². The van der Waals surface area contributed by atoms with Crippen molar-refractivity contribution in [2.45, 2.75) is 38.4 Å². The summed E-state index contributed by atoms with van der Waals surface area (Å²) in [7, 11) is 0. The molecule has 9 heteroatoms. The van der Waals surface area contributed by atoms with E-state index in [1.807, 2.05) is 47.2 Å². The van der Waals surface area contributed by atoms with Crippen molar-refractivity contribution in [2.24, 2.45) is 0 Å². The molecule has 0 spiro atoms. The molecular weight excluding hydrogens is 446 g/mol. The lowest BCUT2D eigenvalue weighted by Crippen LogP contribution is -2.42. The number of fused-ring (bicyclic) bond motifs is 1. The fourth-order valence-corrected chi connectivity index (χ4v) is 4.14. The van der Waals surface area contributed by atoms with Crippen LogP contribution in [0.3, 0.4) is 0 Å². The highest BCUT2D eigenvalue weighted by Gasteiger charge is 2.31. The number of carboxylic acids is 1. The van der Waals surface area contributed by atoms with Gasteiger partial charge in [0.25, 0.3) is 5.91 Å². The fourth-order valence-electron chi connectivity index (χ4n) is 4.14. The van der Waals surface area contributed by atoms with Crippen LogP contribution in [0.1, 0.15) is 34.3 Å². The minimum atomic E-state index is -1.06. The normalized spacial score (nSPS) is 15.1. The number of carbonyl (C=O) groups is 3. The van der Waals surface area contributed by atoms with E-state index in [1.54, 1.807) is 29.6 Å². The highest BCUT2D eigenvalue weighted by molar-refractivity contribution is 5.96. The number of amides is 2. The van der Waals surface area contributed by atoms with Gasteiger partial charge in [-0.05, 0) is 36.1 Å². The molecule has 1 unspecified atom stereocenters. The van der Waals surface area contributed by atoms with Crippen LogP contribution in [-0.2, 0) is 29.1 Å². The maximum absolute atomic E-state index is 13.2. The van der Waals surface area contributed by atoms with Gasteiger partial charge in [0.15, 0.2) is 0 Å². The van der Waals surface area contributed by atoms with Crippen molar-refractivity contribution < 1.29 is 19.5 Å². The molecule has 0 fully saturated rings. The summed E-state index contributed by atoms with van der Waals surface area (Å²) >= 11 is 0. The smallest absolute Gasteiger partial charge is 0.305 e. The molecular formula is C26H29N5O4. The van der Waals surface area contributed by atoms with E-state index in [1.165, 1.54) is 0 Å². The van der Waals surface area contributed by atoms with Crippen LogP contribution in [0.2, 0.25) is 0 Å². The molecule has 2 heterocycles. The number of nitrogens with one attached hydrogen (secondary N) is 2. The summed E-state index contributed by atoms with van der Waals surface area (Å²) in [5, 5.41) is 15.4. The third-order valence-corrected chi connectivity index (χ3v) is 6.00. The van der Waals surface area contributed by atoms with Gasteiger partial charge in [0, 0.05) is 49.8 Å².